The number of ether oxygens (including phenoxy) is 4. The van der Waals surface area contributed by atoms with Crippen molar-refractivity contribution in [2.75, 3.05) is 26.4 Å². The molecular formula is C28H40O12. The third kappa shape index (κ3) is 9.44. The fourth-order valence-corrected chi connectivity index (χ4v) is 5.49. The molecule has 6 atom stereocenters. The van der Waals surface area contributed by atoms with E-state index < -0.39 is 59.8 Å². The van der Waals surface area contributed by atoms with Crippen LogP contribution < -0.4 is 0 Å². The predicted octanol–water partition coefficient (Wildman–Crippen LogP) is 1.77. The molecule has 2 saturated carbocycles. The Hall–Kier alpha value is -3.25. The monoisotopic (exact) mass is 568 g/mol. The maximum atomic E-state index is 12.8. The van der Waals surface area contributed by atoms with E-state index >= 15 is 0 Å². The summed E-state index contributed by atoms with van der Waals surface area (Å²) in [6.07, 6.45) is 0.390. The van der Waals surface area contributed by atoms with Gasteiger partial charge in [0.2, 0.25) is 0 Å². The minimum Gasteiger partial charge on any atom is -0.481 e. The van der Waals surface area contributed by atoms with Gasteiger partial charge in [-0.15, -0.1) is 0 Å². The van der Waals surface area contributed by atoms with Crippen molar-refractivity contribution in [3.63, 3.8) is 0 Å². The Labute approximate surface area is 233 Å². The normalized spacial score (nSPS) is 26.3. The Morgan fingerprint density at radius 2 is 1.10 bits per heavy atom. The highest BCUT2D eigenvalue weighted by atomic mass is 16.6. The Balaban J connectivity index is 1.96. The van der Waals surface area contributed by atoms with Gasteiger partial charge in [0.15, 0.2) is 6.29 Å². The molecule has 0 aromatic rings. The molecule has 3 N–H and O–H groups in total. The molecule has 0 spiro atoms. The molecule has 0 saturated heterocycles. The Morgan fingerprint density at radius 3 is 1.55 bits per heavy atom. The summed E-state index contributed by atoms with van der Waals surface area (Å²) in [4.78, 5) is 60.3. The van der Waals surface area contributed by atoms with E-state index in [1.54, 1.807) is 0 Å². The molecule has 0 aromatic heterocycles. The molecule has 0 bridgehead atoms. The van der Waals surface area contributed by atoms with Crippen molar-refractivity contribution in [2.24, 2.45) is 35.5 Å². The van der Waals surface area contributed by atoms with Gasteiger partial charge in [0.1, 0.15) is 26.4 Å². The third-order valence-corrected chi connectivity index (χ3v) is 7.62. The highest BCUT2D eigenvalue weighted by Crippen LogP contribution is 2.46. The smallest absolute Gasteiger partial charge is 0.333 e. The molecule has 224 valence electrons. The molecule has 2 fully saturated rings. The number of hydrogen-bond donors (Lipinski definition) is 3. The molecule has 0 aromatic carbocycles. The Bertz CT molecular complexity index is 970. The number of aliphatic carboxylic acids is 1. The molecule has 6 unspecified atom stereocenters. The van der Waals surface area contributed by atoms with Crippen molar-refractivity contribution in [3.05, 3.63) is 24.3 Å². The van der Waals surface area contributed by atoms with E-state index in [0.29, 0.717) is 19.3 Å². The Kier molecular flexibility index (Phi) is 12.8. The summed E-state index contributed by atoms with van der Waals surface area (Å²) in [6, 6.07) is 0. The van der Waals surface area contributed by atoms with Gasteiger partial charge >= 0.3 is 29.8 Å². The van der Waals surface area contributed by atoms with E-state index in [1.807, 2.05) is 0 Å². The zero-order valence-electron chi connectivity index (χ0n) is 23.0. The zero-order valence-corrected chi connectivity index (χ0v) is 23.0. The van der Waals surface area contributed by atoms with Gasteiger partial charge in [-0.2, -0.15) is 0 Å². The topological polar surface area (TPSA) is 183 Å². The largest absolute Gasteiger partial charge is 0.481 e. The number of carbonyl (C=O) groups excluding carboxylic acids is 4. The van der Waals surface area contributed by atoms with Crippen molar-refractivity contribution in [1.82, 2.24) is 0 Å². The lowest BCUT2D eigenvalue weighted by Gasteiger charge is -2.42. The quantitative estimate of drug-likeness (QED) is 0.0964. The maximum Gasteiger partial charge on any atom is 0.333 e. The van der Waals surface area contributed by atoms with Crippen molar-refractivity contribution in [3.8, 4) is 0 Å². The molecule has 2 aliphatic carbocycles. The average molecular weight is 569 g/mol. The molecular weight excluding hydrogens is 528 g/mol. The van der Waals surface area contributed by atoms with Crippen LogP contribution in [0.2, 0.25) is 0 Å². The van der Waals surface area contributed by atoms with E-state index in [0.717, 1.165) is 0 Å². The predicted molar refractivity (Wildman–Crippen MR) is 138 cm³/mol. The van der Waals surface area contributed by atoms with Crippen LogP contribution >= 0.6 is 0 Å². The highest BCUT2D eigenvalue weighted by Gasteiger charge is 2.46. The van der Waals surface area contributed by atoms with Crippen molar-refractivity contribution < 1.29 is 58.2 Å². The number of carboxylic acid groups (broad SMARTS) is 1. The zero-order chi connectivity index (χ0) is 30.0. The lowest BCUT2D eigenvalue weighted by atomic mass is 9.63. The van der Waals surface area contributed by atoms with Crippen LogP contribution in [-0.2, 0) is 42.9 Å². The highest BCUT2D eigenvalue weighted by molar-refractivity contribution is 5.87. The van der Waals surface area contributed by atoms with Gasteiger partial charge in [-0.3, -0.25) is 14.4 Å². The number of carbonyl (C=O) groups is 5. The van der Waals surface area contributed by atoms with Crippen LogP contribution in [-0.4, -0.2) is 77.9 Å². The third-order valence-electron chi connectivity index (χ3n) is 7.62. The number of aliphatic hydroxyl groups is 2. The van der Waals surface area contributed by atoms with Gasteiger partial charge in [0, 0.05) is 17.1 Å². The summed E-state index contributed by atoms with van der Waals surface area (Å²) < 4.78 is 20.2. The van der Waals surface area contributed by atoms with Gasteiger partial charge < -0.3 is 34.3 Å². The van der Waals surface area contributed by atoms with Gasteiger partial charge in [-0.1, -0.05) is 13.2 Å². The second-order valence-electron chi connectivity index (χ2n) is 10.5. The van der Waals surface area contributed by atoms with Gasteiger partial charge in [-0.05, 0) is 64.2 Å². The van der Waals surface area contributed by atoms with Gasteiger partial charge in [0.05, 0.1) is 17.8 Å². The summed E-state index contributed by atoms with van der Waals surface area (Å²) in [5, 5.41) is 29.8. The van der Waals surface area contributed by atoms with Crippen molar-refractivity contribution in [1.29, 1.82) is 0 Å². The first-order valence-corrected chi connectivity index (χ1v) is 13.4. The van der Waals surface area contributed by atoms with E-state index in [4.69, 9.17) is 18.9 Å². The lowest BCUT2D eigenvalue weighted by molar-refractivity contribution is -0.170. The first-order chi connectivity index (χ1) is 18.8. The lowest BCUT2D eigenvalue weighted by Crippen LogP contribution is -2.43. The van der Waals surface area contributed by atoms with Crippen LogP contribution in [0.5, 0.6) is 0 Å². The molecule has 2 aliphatic rings. The maximum absolute atomic E-state index is 12.8. The molecule has 0 radical (unpaired) electrons. The molecule has 12 heteroatoms. The summed E-state index contributed by atoms with van der Waals surface area (Å²) in [5.41, 5.74) is 0.413. The fraction of sp³-hybridized carbons (Fsp3) is 0.679. The minimum atomic E-state index is -1.78. The van der Waals surface area contributed by atoms with Crippen LogP contribution in [0.25, 0.3) is 0 Å². The van der Waals surface area contributed by atoms with Gasteiger partial charge in [0.25, 0.3) is 0 Å². The first-order valence-electron chi connectivity index (χ1n) is 13.4. The average Bonchev–Trinajstić information content (AvgIpc) is 2.91. The van der Waals surface area contributed by atoms with Crippen LogP contribution in [0.4, 0.5) is 0 Å². The molecule has 2 rings (SSSR count). The van der Waals surface area contributed by atoms with Crippen molar-refractivity contribution in [2.45, 2.75) is 58.7 Å². The van der Waals surface area contributed by atoms with Gasteiger partial charge in [-0.25, -0.2) is 9.59 Å². The molecule has 12 nitrogen and oxygen atoms in total. The second-order valence-corrected chi connectivity index (χ2v) is 10.5. The number of aliphatic hydroxyl groups excluding tert-OH is 1. The van der Waals surface area contributed by atoms with E-state index in [1.165, 1.54) is 13.8 Å². The summed E-state index contributed by atoms with van der Waals surface area (Å²) >= 11 is 0. The molecule has 0 aliphatic heterocycles. The number of esters is 4. The number of carboxylic acids is 1. The SMILES string of the molecule is C=C(C)C(=O)OCCOC(=O)C1CC(C2CCC(C(=O)OCCOC(=O)C(=C)C)C(C(O)O)C2)CCC1C(=O)O. The van der Waals surface area contributed by atoms with Crippen LogP contribution in [0, 0.1) is 35.5 Å². The molecule has 0 heterocycles. The summed E-state index contributed by atoms with van der Waals surface area (Å²) in [7, 11) is 0. The van der Waals surface area contributed by atoms with E-state index in [-0.39, 0.29) is 68.7 Å². The summed E-state index contributed by atoms with van der Waals surface area (Å²) in [5.74, 6) is -7.21. The van der Waals surface area contributed by atoms with E-state index in [2.05, 4.69) is 13.2 Å². The summed E-state index contributed by atoms with van der Waals surface area (Å²) in [6.45, 7) is 9.16. The minimum absolute atomic E-state index is 0.0751. The standard InChI is InChI=1S/C28H40O12/c1-15(2)25(33)37-9-11-39-27(35)20-8-6-17(13-21(20)24(31)32)18-5-7-19(23(29)30)22(14-18)28(36)40-12-10-38-26(34)16(3)4/h17-22,24,31-32H,1,3,5-14H2,2,4H3,(H,29,30). The Morgan fingerprint density at radius 1 is 0.675 bits per heavy atom. The molecule has 0 amide bonds. The van der Waals surface area contributed by atoms with E-state index in [9.17, 15) is 39.3 Å². The van der Waals surface area contributed by atoms with Crippen LogP contribution in [0.1, 0.15) is 52.4 Å². The number of rotatable bonds is 13. The first kappa shape index (κ1) is 33.0. The molecule has 40 heavy (non-hydrogen) atoms. The van der Waals surface area contributed by atoms with Crippen LogP contribution in [0.15, 0.2) is 24.3 Å². The second kappa shape index (κ2) is 15.5. The van der Waals surface area contributed by atoms with Crippen LogP contribution in [0.3, 0.4) is 0 Å². The number of hydrogen-bond acceptors (Lipinski definition) is 11. The van der Waals surface area contributed by atoms with Crippen molar-refractivity contribution >= 4 is 29.8 Å². The fourth-order valence-electron chi connectivity index (χ4n) is 5.49.